The van der Waals surface area contributed by atoms with Crippen molar-refractivity contribution in [1.82, 2.24) is 0 Å². The van der Waals surface area contributed by atoms with Crippen LogP contribution in [0.2, 0.25) is 0 Å². The lowest BCUT2D eigenvalue weighted by atomic mass is 10.1. The first kappa shape index (κ1) is 15.2. The van der Waals surface area contributed by atoms with Gasteiger partial charge in [-0.1, -0.05) is 37.3 Å². The third-order valence-corrected chi connectivity index (χ3v) is 3.48. The Labute approximate surface area is 127 Å². The van der Waals surface area contributed by atoms with E-state index in [0.29, 0.717) is 12.3 Å². The van der Waals surface area contributed by atoms with Crippen LogP contribution in [0.25, 0.3) is 0 Å². The van der Waals surface area contributed by atoms with Crippen molar-refractivity contribution >= 4 is 11.4 Å². The molecule has 2 aromatic rings. The second-order valence-corrected chi connectivity index (χ2v) is 5.23. The van der Waals surface area contributed by atoms with Gasteiger partial charge in [0.05, 0.1) is 12.3 Å². The van der Waals surface area contributed by atoms with Crippen LogP contribution in [-0.4, -0.2) is 20.2 Å². The lowest BCUT2D eigenvalue weighted by Gasteiger charge is -2.21. The Hall–Kier alpha value is -2.16. The number of benzene rings is 2. The number of nitrogens with two attached hydrogens (primary N) is 1. The zero-order chi connectivity index (χ0) is 15.1. The van der Waals surface area contributed by atoms with Gasteiger partial charge in [-0.25, -0.2) is 0 Å². The van der Waals surface area contributed by atoms with Gasteiger partial charge in [0.15, 0.2) is 0 Å². The van der Waals surface area contributed by atoms with Crippen LogP contribution in [0.3, 0.4) is 0 Å². The fourth-order valence-corrected chi connectivity index (χ4v) is 2.17. The number of ether oxygens (including phenoxy) is 1. The van der Waals surface area contributed by atoms with Crippen molar-refractivity contribution in [2.45, 2.75) is 19.8 Å². The van der Waals surface area contributed by atoms with Crippen molar-refractivity contribution in [2.24, 2.45) is 0 Å². The van der Waals surface area contributed by atoms with Crippen LogP contribution in [0, 0.1) is 0 Å². The second-order valence-electron chi connectivity index (χ2n) is 5.23. The maximum atomic E-state index is 5.95. The molecule has 2 aromatic carbocycles. The lowest BCUT2D eigenvalue weighted by Crippen LogP contribution is -2.20. The summed E-state index contributed by atoms with van der Waals surface area (Å²) in [6.45, 7) is 3.74. The first-order chi connectivity index (χ1) is 10.2. The molecule has 2 N–H and O–H groups in total. The van der Waals surface area contributed by atoms with Crippen LogP contribution in [0.4, 0.5) is 11.4 Å². The molecule has 2 rings (SSSR count). The zero-order valence-electron chi connectivity index (χ0n) is 12.9. The molecule has 0 saturated heterocycles. The van der Waals surface area contributed by atoms with Crippen LogP contribution in [0.15, 0.2) is 48.5 Å². The summed E-state index contributed by atoms with van der Waals surface area (Å²) in [5, 5.41) is 0. The van der Waals surface area contributed by atoms with E-state index in [4.69, 9.17) is 10.5 Å². The number of anilines is 2. The Bertz CT molecular complexity index is 554. The molecule has 0 atom stereocenters. The standard InChI is InChI=1S/C18H24N2O/c1-3-13-21-18-14-16(9-10-17(18)19)20(2)12-11-15-7-5-4-6-8-15/h4-10,14H,3,11-13,19H2,1-2H3. The number of nitrogen functional groups attached to an aromatic ring is 1. The minimum Gasteiger partial charge on any atom is -0.491 e. The van der Waals surface area contributed by atoms with Crippen molar-refractivity contribution < 1.29 is 4.74 Å². The van der Waals surface area contributed by atoms with E-state index in [1.54, 1.807) is 0 Å². The molecule has 0 heterocycles. The Morgan fingerprint density at radius 1 is 1.10 bits per heavy atom. The van der Waals surface area contributed by atoms with Gasteiger partial charge in [-0.2, -0.15) is 0 Å². The van der Waals surface area contributed by atoms with E-state index in [9.17, 15) is 0 Å². The minimum atomic E-state index is 0.696. The predicted molar refractivity (Wildman–Crippen MR) is 90.1 cm³/mol. The van der Waals surface area contributed by atoms with Crippen LogP contribution < -0.4 is 15.4 Å². The first-order valence-corrected chi connectivity index (χ1v) is 7.48. The van der Waals surface area contributed by atoms with Gasteiger partial charge in [0.2, 0.25) is 0 Å². The van der Waals surface area contributed by atoms with E-state index in [1.807, 2.05) is 24.3 Å². The fraction of sp³-hybridized carbons (Fsp3) is 0.333. The van der Waals surface area contributed by atoms with E-state index in [0.717, 1.165) is 30.8 Å². The average molecular weight is 284 g/mol. The molecule has 3 heteroatoms. The smallest absolute Gasteiger partial charge is 0.144 e. The van der Waals surface area contributed by atoms with E-state index in [1.165, 1.54) is 5.56 Å². The van der Waals surface area contributed by atoms with E-state index in [2.05, 4.69) is 43.1 Å². The van der Waals surface area contributed by atoms with Crippen molar-refractivity contribution in [3.8, 4) is 5.75 Å². The number of hydrogen-bond donors (Lipinski definition) is 1. The maximum absolute atomic E-state index is 5.95. The highest BCUT2D eigenvalue weighted by Crippen LogP contribution is 2.27. The molecule has 0 bridgehead atoms. The third kappa shape index (κ3) is 4.42. The first-order valence-electron chi connectivity index (χ1n) is 7.48. The van der Waals surface area contributed by atoms with Gasteiger partial charge in [-0.05, 0) is 30.5 Å². The highest BCUT2D eigenvalue weighted by atomic mass is 16.5. The SMILES string of the molecule is CCCOc1cc(N(C)CCc2ccccc2)ccc1N. The molecular formula is C18H24N2O. The molecule has 0 radical (unpaired) electrons. The summed E-state index contributed by atoms with van der Waals surface area (Å²) in [4.78, 5) is 2.23. The summed E-state index contributed by atoms with van der Waals surface area (Å²) in [5.74, 6) is 0.779. The van der Waals surface area contributed by atoms with Crippen molar-refractivity contribution in [1.29, 1.82) is 0 Å². The molecule has 0 spiro atoms. The molecule has 3 nitrogen and oxygen atoms in total. The monoisotopic (exact) mass is 284 g/mol. The molecular weight excluding hydrogens is 260 g/mol. The quantitative estimate of drug-likeness (QED) is 0.787. The maximum Gasteiger partial charge on any atom is 0.144 e. The zero-order valence-corrected chi connectivity index (χ0v) is 12.9. The molecule has 21 heavy (non-hydrogen) atoms. The Balaban J connectivity index is 2.00. The Morgan fingerprint density at radius 2 is 1.86 bits per heavy atom. The summed E-state index contributed by atoms with van der Waals surface area (Å²) in [6, 6.07) is 16.5. The van der Waals surface area contributed by atoms with Crippen LogP contribution in [0.5, 0.6) is 5.75 Å². The van der Waals surface area contributed by atoms with Gasteiger partial charge in [-0.15, -0.1) is 0 Å². The third-order valence-electron chi connectivity index (χ3n) is 3.48. The highest BCUT2D eigenvalue weighted by molar-refractivity contribution is 5.62. The highest BCUT2D eigenvalue weighted by Gasteiger charge is 2.06. The Morgan fingerprint density at radius 3 is 2.57 bits per heavy atom. The van der Waals surface area contributed by atoms with Gasteiger partial charge in [0.25, 0.3) is 0 Å². The van der Waals surface area contributed by atoms with Crippen molar-refractivity contribution in [3.63, 3.8) is 0 Å². The van der Waals surface area contributed by atoms with E-state index >= 15 is 0 Å². The number of nitrogens with zero attached hydrogens (tertiary/aromatic N) is 1. The molecule has 0 amide bonds. The largest absolute Gasteiger partial charge is 0.491 e. The number of likely N-dealkylation sites (N-methyl/N-ethyl adjacent to an activating group) is 1. The summed E-state index contributed by atoms with van der Waals surface area (Å²) < 4.78 is 5.69. The van der Waals surface area contributed by atoms with Gasteiger partial charge in [0, 0.05) is 25.3 Å². The normalized spacial score (nSPS) is 10.4. The van der Waals surface area contributed by atoms with Crippen molar-refractivity contribution in [2.75, 3.05) is 30.8 Å². The van der Waals surface area contributed by atoms with Crippen LogP contribution in [0.1, 0.15) is 18.9 Å². The van der Waals surface area contributed by atoms with Crippen LogP contribution in [-0.2, 0) is 6.42 Å². The van der Waals surface area contributed by atoms with Gasteiger partial charge in [-0.3, -0.25) is 0 Å². The predicted octanol–water partition coefficient (Wildman–Crippen LogP) is 3.74. The van der Waals surface area contributed by atoms with Gasteiger partial charge >= 0.3 is 0 Å². The Kier molecular flexibility index (Phi) is 5.50. The molecule has 0 fully saturated rings. The van der Waals surface area contributed by atoms with Gasteiger partial charge in [0.1, 0.15) is 5.75 Å². The van der Waals surface area contributed by atoms with E-state index in [-0.39, 0.29) is 0 Å². The summed E-state index contributed by atoms with van der Waals surface area (Å²) >= 11 is 0. The summed E-state index contributed by atoms with van der Waals surface area (Å²) in [6.07, 6.45) is 2.00. The van der Waals surface area contributed by atoms with Gasteiger partial charge < -0.3 is 15.4 Å². The topological polar surface area (TPSA) is 38.5 Å². The molecule has 0 saturated carbocycles. The van der Waals surface area contributed by atoms with Crippen LogP contribution >= 0.6 is 0 Å². The molecule has 0 aliphatic rings. The summed E-state index contributed by atoms with van der Waals surface area (Å²) in [7, 11) is 2.10. The molecule has 112 valence electrons. The number of hydrogen-bond acceptors (Lipinski definition) is 3. The molecule has 0 aliphatic heterocycles. The molecule has 0 aromatic heterocycles. The fourth-order valence-electron chi connectivity index (χ4n) is 2.17. The van der Waals surface area contributed by atoms with Crippen molar-refractivity contribution in [3.05, 3.63) is 54.1 Å². The lowest BCUT2D eigenvalue weighted by molar-refractivity contribution is 0.319. The molecule has 0 aliphatic carbocycles. The number of rotatable bonds is 7. The average Bonchev–Trinajstić information content (AvgIpc) is 2.53. The summed E-state index contributed by atoms with van der Waals surface area (Å²) in [5.41, 5.74) is 9.13. The van der Waals surface area contributed by atoms with E-state index < -0.39 is 0 Å². The second kappa shape index (κ2) is 7.58. The molecule has 0 unspecified atom stereocenters. The minimum absolute atomic E-state index is 0.696.